The van der Waals surface area contributed by atoms with Crippen LogP contribution >= 0.6 is 0 Å². The Morgan fingerprint density at radius 2 is 1.95 bits per heavy atom. The summed E-state index contributed by atoms with van der Waals surface area (Å²) in [5.74, 6) is -0.746. The zero-order chi connectivity index (χ0) is 14.8. The Bertz CT molecular complexity index is 453. The summed E-state index contributed by atoms with van der Waals surface area (Å²) in [6, 6.07) is 7.20. The lowest BCUT2D eigenvalue weighted by Crippen LogP contribution is -2.33. The number of rotatable bonds is 5. The van der Waals surface area contributed by atoms with Crippen molar-refractivity contribution in [3.8, 4) is 0 Å². The van der Waals surface area contributed by atoms with Crippen LogP contribution in [-0.4, -0.2) is 41.0 Å². The lowest BCUT2D eigenvalue weighted by atomic mass is 10.1. The molecular formula is C14H22N2O4. The van der Waals surface area contributed by atoms with Crippen molar-refractivity contribution in [2.24, 2.45) is 0 Å². The lowest BCUT2D eigenvalue weighted by molar-refractivity contribution is -0.150. The Hall–Kier alpha value is -1.34. The Kier molecular flexibility index (Phi) is 4.49. The number of benzene rings is 1. The van der Waals surface area contributed by atoms with E-state index in [0.717, 1.165) is 0 Å². The first-order valence-corrected chi connectivity index (χ1v) is 6.67. The first kappa shape index (κ1) is 15.1. The Labute approximate surface area is 118 Å². The van der Waals surface area contributed by atoms with E-state index in [4.69, 9.17) is 15.2 Å². The molecule has 1 aromatic rings. The molecule has 1 aliphatic heterocycles. The Balaban J connectivity index is 1.94. The summed E-state index contributed by atoms with van der Waals surface area (Å²) in [5, 5.41) is 22.3. The quantitative estimate of drug-likeness (QED) is 0.473. The summed E-state index contributed by atoms with van der Waals surface area (Å²) in [7, 11) is 0. The van der Waals surface area contributed by atoms with Crippen molar-refractivity contribution in [2.45, 2.75) is 44.5 Å². The van der Waals surface area contributed by atoms with Gasteiger partial charge in [-0.3, -0.25) is 0 Å². The second-order valence-electron chi connectivity index (χ2n) is 5.38. The molecule has 5 N–H and O–H groups in total. The maximum atomic E-state index is 10.1. The van der Waals surface area contributed by atoms with Crippen molar-refractivity contribution in [1.82, 2.24) is 0 Å². The first-order chi connectivity index (χ1) is 9.41. The summed E-state index contributed by atoms with van der Waals surface area (Å²) >= 11 is 0. The van der Waals surface area contributed by atoms with Crippen molar-refractivity contribution in [1.29, 1.82) is 0 Å². The predicted molar refractivity (Wildman–Crippen MR) is 76.0 cm³/mol. The molecule has 1 saturated heterocycles. The molecule has 3 atom stereocenters. The molecule has 1 heterocycles. The van der Waals surface area contributed by atoms with Crippen molar-refractivity contribution in [2.75, 3.05) is 17.7 Å². The van der Waals surface area contributed by atoms with E-state index in [9.17, 15) is 10.2 Å². The summed E-state index contributed by atoms with van der Waals surface area (Å²) in [4.78, 5) is 0. The number of hydrogen-bond acceptors (Lipinski definition) is 6. The van der Waals surface area contributed by atoms with Gasteiger partial charge < -0.3 is 30.7 Å². The summed E-state index contributed by atoms with van der Waals surface area (Å²) in [6.07, 6.45) is -1.35. The topological polar surface area (TPSA) is 97.0 Å². The molecule has 112 valence electrons. The fourth-order valence-corrected chi connectivity index (χ4v) is 2.35. The maximum absolute atomic E-state index is 10.1. The van der Waals surface area contributed by atoms with E-state index in [1.165, 1.54) is 0 Å². The SMILES string of the molecule is CC1(C)OC(CO)C(CC(O)Nc2ccccc2N)O1. The van der Waals surface area contributed by atoms with Crippen LogP contribution in [0.1, 0.15) is 20.3 Å². The van der Waals surface area contributed by atoms with Gasteiger partial charge in [-0.1, -0.05) is 12.1 Å². The van der Waals surface area contributed by atoms with E-state index < -0.39 is 18.1 Å². The highest BCUT2D eigenvalue weighted by Gasteiger charge is 2.41. The highest BCUT2D eigenvalue weighted by Crippen LogP contribution is 2.30. The number of nitrogen functional groups attached to an aromatic ring is 1. The van der Waals surface area contributed by atoms with Crippen LogP contribution in [0, 0.1) is 0 Å². The number of anilines is 2. The van der Waals surface area contributed by atoms with Gasteiger partial charge in [-0.15, -0.1) is 0 Å². The molecule has 6 heteroatoms. The van der Waals surface area contributed by atoms with Crippen LogP contribution < -0.4 is 11.1 Å². The van der Waals surface area contributed by atoms with Crippen LogP contribution in [0.25, 0.3) is 0 Å². The van der Waals surface area contributed by atoms with Crippen LogP contribution in [-0.2, 0) is 9.47 Å². The first-order valence-electron chi connectivity index (χ1n) is 6.67. The minimum absolute atomic E-state index is 0.145. The minimum Gasteiger partial charge on any atom is -0.397 e. The van der Waals surface area contributed by atoms with Crippen LogP contribution in [0.15, 0.2) is 24.3 Å². The molecule has 1 aliphatic rings. The zero-order valence-corrected chi connectivity index (χ0v) is 11.7. The van der Waals surface area contributed by atoms with Gasteiger partial charge in [0.05, 0.1) is 24.1 Å². The summed E-state index contributed by atoms with van der Waals surface area (Å²) in [6.45, 7) is 3.42. The van der Waals surface area contributed by atoms with Gasteiger partial charge in [0, 0.05) is 6.42 Å². The summed E-state index contributed by atoms with van der Waals surface area (Å²) < 4.78 is 11.2. The molecule has 1 fully saturated rings. The molecule has 6 nitrogen and oxygen atoms in total. The number of aliphatic hydroxyl groups is 2. The standard InChI is InChI=1S/C14H22N2O4/c1-14(2)19-11(12(8-17)20-14)7-13(18)16-10-6-4-3-5-9(10)15/h3-6,11-13,16-18H,7-8,15H2,1-2H3. The fraction of sp³-hybridized carbons (Fsp3) is 0.571. The molecule has 0 bridgehead atoms. The van der Waals surface area contributed by atoms with E-state index in [1.54, 1.807) is 26.0 Å². The highest BCUT2D eigenvalue weighted by atomic mass is 16.8. The zero-order valence-electron chi connectivity index (χ0n) is 11.7. The van der Waals surface area contributed by atoms with Crippen LogP contribution in [0.4, 0.5) is 11.4 Å². The largest absolute Gasteiger partial charge is 0.397 e. The van der Waals surface area contributed by atoms with Gasteiger partial charge in [-0.2, -0.15) is 0 Å². The van der Waals surface area contributed by atoms with Gasteiger partial charge in [-0.25, -0.2) is 0 Å². The van der Waals surface area contributed by atoms with Crippen molar-refractivity contribution >= 4 is 11.4 Å². The Morgan fingerprint density at radius 3 is 2.60 bits per heavy atom. The predicted octanol–water partition coefficient (Wildman–Crippen LogP) is 0.902. The molecule has 2 rings (SSSR count). The second kappa shape index (κ2) is 5.97. The van der Waals surface area contributed by atoms with E-state index in [0.29, 0.717) is 17.8 Å². The van der Waals surface area contributed by atoms with Gasteiger partial charge in [0.25, 0.3) is 0 Å². The molecule has 0 aliphatic carbocycles. The van der Waals surface area contributed by atoms with E-state index in [1.807, 2.05) is 12.1 Å². The van der Waals surface area contributed by atoms with Crippen molar-refractivity contribution in [3.63, 3.8) is 0 Å². The van der Waals surface area contributed by atoms with Gasteiger partial charge in [0.1, 0.15) is 12.3 Å². The van der Waals surface area contributed by atoms with E-state index >= 15 is 0 Å². The van der Waals surface area contributed by atoms with Crippen LogP contribution in [0.3, 0.4) is 0 Å². The molecule has 0 aromatic heterocycles. The van der Waals surface area contributed by atoms with Gasteiger partial charge in [-0.05, 0) is 26.0 Å². The molecule has 0 amide bonds. The lowest BCUT2D eigenvalue weighted by Gasteiger charge is -2.21. The fourth-order valence-electron chi connectivity index (χ4n) is 2.35. The van der Waals surface area contributed by atoms with Gasteiger partial charge in [0.15, 0.2) is 5.79 Å². The van der Waals surface area contributed by atoms with Gasteiger partial charge in [0.2, 0.25) is 0 Å². The third-order valence-corrected chi connectivity index (χ3v) is 3.20. The highest BCUT2D eigenvalue weighted by molar-refractivity contribution is 5.65. The van der Waals surface area contributed by atoms with Gasteiger partial charge >= 0.3 is 0 Å². The summed E-state index contributed by atoms with van der Waals surface area (Å²) in [5.41, 5.74) is 7.03. The monoisotopic (exact) mass is 282 g/mol. The number of nitrogens with two attached hydrogens (primary N) is 1. The number of nitrogens with one attached hydrogen (secondary N) is 1. The van der Waals surface area contributed by atoms with Crippen molar-refractivity contribution in [3.05, 3.63) is 24.3 Å². The molecule has 0 radical (unpaired) electrons. The van der Waals surface area contributed by atoms with E-state index in [-0.39, 0.29) is 12.7 Å². The molecule has 3 unspecified atom stereocenters. The van der Waals surface area contributed by atoms with Crippen LogP contribution in [0.2, 0.25) is 0 Å². The third kappa shape index (κ3) is 3.61. The normalized spacial score (nSPS) is 26.4. The molecule has 1 aromatic carbocycles. The molecule has 0 spiro atoms. The average molecular weight is 282 g/mol. The molecule has 20 heavy (non-hydrogen) atoms. The molecular weight excluding hydrogens is 260 g/mol. The smallest absolute Gasteiger partial charge is 0.163 e. The number of hydrogen-bond donors (Lipinski definition) is 4. The maximum Gasteiger partial charge on any atom is 0.163 e. The molecule has 0 saturated carbocycles. The number of aliphatic hydroxyl groups excluding tert-OH is 2. The van der Waals surface area contributed by atoms with E-state index in [2.05, 4.69) is 5.32 Å². The van der Waals surface area contributed by atoms with Crippen molar-refractivity contribution < 1.29 is 19.7 Å². The minimum atomic E-state index is -0.837. The number of para-hydroxylation sites is 2. The van der Waals surface area contributed by atoms with Crippen LogP contribution in [0.5, 0.6) is 0 Å². The number of ether oxygens (including phenoxy) is 2. The second-order valence-corrected chi connectivity index (χ2v) is 5.38. The Morgan fingerprint density at radius 1 is 1.30 bits per heavy atom. The third-order valence-electron chi connectivity index (χ3n) is 3.20. The average Bonchev–Trinajstić information content (AvgIpc) is 2.66.